The summed E-state index contributed by atoms with van der Waals surface area (Å²) in [5, 5.41) is 14.2. The SMILES string of the molecule is CC(=O)Nc1ccc(C2C(C(=O)c3cc(C)sc3C)C(c3ccc(Cl)cc3)N(C(=O)c3ccccc3)C2(C)C(=O)O)cc1. The maximum atomic E-state index is 14.7. The van der Waals surface area contributed by atoms with Crippen LogP contribution in [0.25, 0.3) is 0 Å². The summed E-state index contributed by atoms with van der Waals surface area (Å²) in [5.74, 6) is -4.14. The highest BCUT2D eigenvalue weighted by Gasteiger charge is 2.65. The lowest BCUT2D eigenvalue weighted by molar-refractivity contribution is -0.148. The van der Waals surface area contributed by atoms with Gasteiger partial charge in [-0.05, 0) is 74.4 Å². The molecular formula is C34H31ClN2O5S. The predicted molar refractivity (Wildman–Crippen MR) is 168 cm³/mol. The second-order valence-corrected chi connectivity index (χ2v) is 12.9. The van der Waals surface area contributed by atoms with Crippen LogP contribution in [0.1, 0.15) is 67.4 Å². The van der Waals surface area contributed by atoms with Crippen LogP contribution in [-0.4, -0.2) is 39.1 Å². The number of benzene rings is 3. The maximum absolute atomic E-state index is 14.7. The smallest absolute Gasteiger partial charge is 0.330 e. The van der Waals surface area contributed by atoms with Gasteiger partial charge in [0.1, 0.15) is 5.54 Å². The second-order valence-electron chi connectivity index (χ2n) is 11.0. The third-order valence-corrected chi connectivity index (χ3v) is 9.38. The molecule has 7 nitrogen and oxygen atoms in total. The van der Waals surface area contributed by atoms with E-state index in [4.69, 9.17) is 11.6 Å². The highest BCUT2D eigenvalue weighted by Crippen LogP contribution is 2.57. The summed E-state index contributed by atoms with van der Waals surface area (Å²) in [5.41, 5.74) is 0.666. The molecule has 5 rings (SSSR count). The van der Waals surface area contributed by atoms with E-state index in [0.29, 0.717) is 33.0 Å². The first-order chi connectivity index (χ1) is 20.4. The summed E-state index contributed by atoms with van der Waals surface area (Å²) in [7, 11) is 0. The van der Waals surface area contributed by atoms with E-state index in [-0.39, 0.29) is 11.7 Å². The Labute approximate surface area is 259 Å². The van der Waals surface area contributed by atoms with Crippen LogP contribution < -0.4 is 5.32 Å². The van der Waals surface area contributed by atoms with Crippen LogP contribution >= 0.6 is 22.9 Å². The normalized spacial score (nSPS) is 21.4. The maximum Gasteiger partial charge on any atom is 0.330 e. The molecule has 4 aromatic rings. The van der Waals surface area contributed by atoms with Crippen molar-refractivity contribution in [2.24, 2.45) is 5.92 Å². The monoisotopic (exact) mass is 614 g/mol. The first kappa shape index (κ1) is 30.2. The zero-order valence-corrected chi connectivity index (χ0v) is 25.7. The van der Waals surface area contributed by atoms with E-state index in [1.165, 1.54) is 30.1 Å². The Morgan fingerprint density at radius 2 is 1.51 bits per heavy atom. The first-order valence-corrected chi connectivity index (χ1v) is 15.0. The van der Waals surface area contributed by atoms with Gasteiger partial charge >= 0.3 is 5.97 Å². The lowest BCUT2D eigenvalue weighted by atomic mass is 9.71. The van der Waals surface area contributed by atoms with E-state index in [1.807, 2.05) is 19.9 Å². The zero-order chi connectivity index (χ0) is 31.1. The van der Waals surface area contributed by atoms with Gasteiger partial charge in [0.15, 0.2) is 5.78 Å². The van der Waals surface area contributed by atoms with Crippen LogP contribution in [0, 0.1) is 19.8 Å². The summed E-state index contributed by atoms with van der Waals surface area (Å²) in [6, 6.07) is 23.0. The highest BCUT2D eigenvalue weighted by molar-refractivity contribution is 7.12. The van der Waals surface area contributed by atoms with Crippen LogP contribution in [0.2, 0.25) is 5.02 Å². The molecule has 3 aromatic carbocycles. The molecule has 1 aliphatic rings. The molecule has 220 valence electrons. The van der Waals surface area contributed by atoms with Gasteiger partial charge in [0.25, 0.3) is 5.91 Å². The number of carbonyl (C=O) groups excluding carboxylic acids is 3. The molecular weight excluding hydrogens is 584 g/mol. The minimum atomic E-state index is -1.84. The van der Waals surface area contributed by atoms with E-state index in [2.05, 4.69) is 5.32 Å². The fourth-order valence-corrected chi connectivity index (χ4v) is 7.35. The topological polar surface area (TPSA) is 104 Å². The average molecular weight is 615 g/mol. The average Bonchev–Trinajstić information content (AvgIpc) is 3.46. The number of aliphatic carboxylic acids is 1. The Balaban J connectivity index is 1.81. The number of likely N-dealkylation sites (tertiary alicyclic amines) is 1. The molecule has 1 saturated heterocycles. The van der Waals surface area contributed by atoms with Crippen molar-refractivity contribution in [1.29, 1.82) is 0 Å². The van der Waals surface area contributed by atoms with Crippen molar-refractivity contribution < 1.29 is 24.3 Å². The molecule has 4 atom stereocenters. The van der Waals surface area contributed by atoms with E-state index >= 15 is 0 Å². The van der Waals surface area contributed by atoms with Crippen LogP contribution in [0.15, 0.2) is 84.9 Å². The molecule has 43 heavy (non-hydrogen) atoms. The third-order valence-electron chi connectivity index (χ3n) is 8.17. The van der Waals surface area contributed by atoms with Crippen molar-refractivity contribution in [3.8, 4) is 0 Å². The molecule has 9 heteroatoms. The number of hydrogen-bond acceptors (Lipinski definition) is 5. The number of carbonyl (C=O) groups is 4. The lowest BCUT2D eigenvalue weighted by Gasteiger charge is -2.38. The van der Waals surface area contributed by atoms with E-state index in [1.54, 1.807) is 78.9 Å². The second kappa shape index (κ2) is 11.8. The number of nitrogens with one attached hydrogen (secondary N) is 1. The Hall–Kier alpha value is -4.27. The molecule has 0 spiro atoms. The van der Waals surface area contributed by atoms with Crippen molar-refractivity contribution in [3.05, 3.63) is 122 Å². The number of nitrogens with zero attached hydrogens (tertiary/aromatic N) is 1. The van der Waals surface area contributed by atoms with Crippen molar-refractivity contribution >= 4 is 52.2 Å². The van der Waals surface area contributed by atoms with Crippen LogP contribution in [0.5, 0.6) is 0 Å². The van der Waals surface area contributed by atoms with E-state index in [0.717, 1.165) is 9.75 Å². The number of aryl methyl sites for hydroxylation is 2. The minimum Gasteiger partial charge on any atom is -0.479 e. The molecule has 2 N–H and O–H groups in total. The van der Waals surface area contributed by atoms with E-state index in [9.17, 15) is 24.3 Å². The van der Waals surface area contributed by atoms with Crippen LogP contribution in [0.4, 0.5) is 5.69 Å². The van der Waals surface area contributed by atoms with Gasteiger partial charge in [0.2, 0.25) is 5.91 Å². The Morgan fingerprint density at radius 1 is 0.907 bits per heavy atom. The fourth-order valence-electron chi connectivity index (χ4n) is 6.30. The Bertz CT molecular complexity index is 1700. The molecule has 0 radical (unpaired) electrons. The first-order valence-electron chi connectivity index (χ1n) is 13.8. The molecule has 2 amide bonds. The number of carboxylic acids is 1. The van der Waals surface area contributed by atoms with Crippen molar-refractivity contribution in [2.45, 2.75) is 45.2 Å². The van der Waals surface area contributed by atoms with Gasteiger partial charge in [0, 0.05) is 44.4 Å². The number of ketones is 1. The van der Waals surface area contributed by atoms with Crippen LogP contribution in [0.3, 0.4) is 0 Å². The van der Waals surface area contributed by atoms with Gasteiger partial charge in [-0.15, -0.1) is 11.3 Å². The van der Waals surface area contributed by atoms with Gasteiger partial charge < -0.3 is 15.3 Å². The summed E-state index contributed by atoms with van der Waals surface area (Å²) in [6.45, 7) is 6.71. The number of anilines is 1. The predicted octanol–water partition coefficient (Wildman–Crippen LogP) is 7.30. The van der Waals surface area contributed by atoms with Gasteiger partial charge in [0.05, 0.1) is 12.0 Å². The van der Waals surface area contributed by atoms with E-state index < -0.39 is 35.3 Å². The molecule has 0 bridgehead atoms. The number of thiophene rings is 1. The standard InChI is InChI=1S/C34H31ClN2O5S/c1-19-18-27(20(2)43-19)31(39)28-29(22-12-16-26(17-13-22)36-21(3)38)34(4,33(41)42)37(32(40)24-8-6-5-7-9-24)30(28)23-10-14-25(35)15-11-23/h5-18,28-30H,1-4H3,(H,36,38)(H,41,42). The highest BCUT2D eigenvalue weighted by atomic mass is 35.5. The molecule has 1 aliphatic heterocycles. The summed E-state index contributed by atoms with van der Waals surface area (Å²) in [4.78, 5) is 57.5. The number of rotatable bonds is 7. The number of Topliss-reactive ketones (excluding diaryl/α,β-unsaturated/α-hetero) is 1. The molecule has 4 unspecified atom stereocenters. The molecule has 0 aliphatic carbocycles. The Kier molecular flexibility index (Phi) is 8.27. The largest absolute Gasteiger partial charge is 0.479 e. The molecule has 1 fully saturated rings. The number of halogens is 1. The van der Waals surface area contributed by atoms with Gasteiger partial charge in [-0.1, -0.05) is 54.1 Å². The van der Waals surface area contributed by atoms with Crippen molar-refractivity contribution in [2.75, 3.05) is 5.32 Å². The van der Waals surface area contributed by atoms with Gasteiger partial charge in [-0.2, -0.15) is 0 Å². The molecule has 2 heterocycles. The quantitative estimate of drug-likeness (QED) is 0.213. The number of carboxylic acid groups (broad SMARTS) is 1. The Morgan fingerprint density at radius 3 is 2.05 bits per heavy atom. The summed E-state index contributed by atoms with van der Waals surface area (Å²) in [6.07, 6.45) is 0. The molecule has 0 saturated carbocycles. The zero-order valence-electron chi connectivity index (χ0n) is 24.1. The lowest BCUT2D eigenvalue weighted by Crippen LogP contribution is -2.54. The fraction of sp³-hybridized carbons (Fsp3) is 0.235. The number of amides is 2. The van der Waals surface area contributed by atoms with Crippen molar-refractivity contribution in [1.82, 2.24) is 4.90 Å². The summed E-state index contributed by atoms with van der Waals surface area (Å²) >= 11 is 7.74. The van der Waals surface area contributed by atoms with Gasteiger partial charge in [-0.25, -0.2) is 4.79 Å². The third kappa shape index (κ3) is 5.48. The summed E-state index contributed by atoms with van der Waals surface area (Å²) < 4.78 is 0. The number of hydrogen-bond donors (Lipinski definition) is 2. The molecule has 1 aromatic heterocycles. The van der Waals surface area contributed by atoms with Crippen molar-refractivity contribution in [3.63, 3.8) is 0 Å². The van der Waals surface area contributed by atoms with Crippen LogP contribution in [-0.2, 0) is 9.59 Å². The minimum absolute atomic E-state index is 0.242. The van der Waals surface area contributed by atoms with Gasteiger partial charge in [-0.3, -0.25) is 14.4 Å².